The molecule has 0 aliphatic heterocycles. The molecule has 0 aromatic heterocycles. The van der Waals surface area contributed by atoms with Crippen molar-refractivity contribution in [1.29, 1.82) is 0 Å². The summed E-state index contributed by atoms with van der Waals surface area (Å²) in [4.78, 5) is 13.8. The van der Waals surface area contributed by atoms with Gasteiger partial charge in [0, 0.05) is 30.4 Å². The molecule has 2 aromatic rings. The van der Waals surface area contributed by atoms with Gasteiger partial charge in [0.2, 0.25) is 0 Å². The quantitative estimate of drug-likeness (QED) is 0.837. The third-order valence-corrected chi connectivity index (χ3v) is 3.43. The largest absolute Gasteiger partial charge is 0.328 e. The average Bonchev–Trinajstić information content (AvgIpc) is 2.59. The fraction of sp³-hybridized carbons (Fsp3) is 0.250. The molecule has 23 heavy (non-hydrogen) atoms. The van der Waals surface area contributed by atoms with Crippen LogP contribution in [-0.2, 0) is 0 Å². The maximum atomic E-state index is 12.1. The van der Waals surface area contributed by atoms with Crippen LogP contribution in [0.2, 0.25) is 0 Å². The first-order valence-corrected chi connectivity index (χ1v) is 7.88. The van der Waals surface area contributed by atoms with Crippen molar-refractivity contribution in [3.8, 4) is 11.8 Å². The predicted molar refractivity (Wildman–Crippen MR) is 95.4 cm³/mol. The molecule has 0 radical (unpaired) electrons. The summed E-state index contributed by atoms with van der Waals surface area (Å²) in [6, 6.07) is 17.4. The lowest BCUT2D eigenvalue weighted by Crippen LogP contribution is -2.32. The molecule has 0 saturated carbocycles. The van der Waals surface area contributed by atoms with Gasteiger partial charge in [-0.1, -0.05) is 49.5 Å². The predicted octanol–water partition coefficient (Wildman–Crippen LogP) is 4.35. The molecule has 2 aromatic carbocycles. The van der Waals surface area contributed by atoms with Crippen LogP contribution in [-0.4, -0.2) is 24.5 Å². The maximum absolute atomic E-state index is 12.1. The zero-order valence-electron chi connectivity index (χ0n) is 13.7. The van der Waals surface area contributed by atoms with Gasteiger partial charge in [-0.15, -0.1) is 0 Å². The van der Waals surface area contributed by atoms with E-state index in [9.17, 15) is 4.79 Å². The molecule has 0 atom stereocenters. The number of nitrogens with zero attached hydrogens (tertiary/aromatic N) is 1. The number of benzene rings is 2. The van der Waals surface area contributed by atoms with E-state index >= 15 is 0 Å². The molecule has 3 nitrogen and oxygen atoms in total. The van der Waals surface area contributed by atoms with E-state index in [4.69, 9.17) is 0 Å². The van der Waals surface area contributed by atoms with Crippen LogP contribution in [0.5, 0.6) is 0 Å². The summed E-state index contributed by atoms with van der Waals surface area (Å²) in [6.07, 6.45) is 2.08. The van der Waals surface area contributed by atoms with Crippen molar-refractivity contribution in [2.45, 2.75) is 19.8 Å². The number of amides is 2. The van der Waals surface area contributed by atoms with Crippen LogP contribution in [0.4, 0.5) is 10.5 Å². The zero-order valence-corrected chi connectivity index (χ0v) is 13.7. The highest BCUT2D eigenvalue weighted by Crippen LogP contribution is 2.11. The highest BCUT2D eigenvalue weighted by Gasteiger charge is 2.07. The summed E-state index contributed by atoms with van der Waals surface area (Å²) >= 11 is 0. The van der Waals surface area contributed by atoms with E-state index in [0.29, 0.717) is 0 Å². The van der Waals surface area contributed by atoms with Crippen molar-refractivity contribution in [2.24, 2.45) is 0 Å². The molecule has 0 heterocycles. The fourth-order valence-corrected chi connectivity index (χ4v) is 2.06. The monoisotopic (exact) mass is 306 g/mol. The van der Waals surface area contributed by atoms with Gasteiger partial charge < -0.3 is 10.2 Å². The lowest BCUT2D eigenvalue weighted by Gasteiger charge is -2.17. The van der Waals surface area contributed by atoms with Crippen molar-refractivity contribution in [3.63, 3.8) is 0 Å². The molecule has 2 amide bonds. The third-order valence-electron chi connectivity index (χ3n) is 3.43. The van der Waals surface area contributed by atoms with Gasteiger partial charge in [-0.25, -0.2) is 4.79 Å². The number of hydrogen-bond acceptors (Lipinski definition) is 1. The van der Waals surface area contributed by atoms with Crippen molar-refractivity contribution in [1.82, 2.24) is 4.90 Å². The number of hydrogen-bond donors (Lipinski definition) is 1. The van der Waals surface area contributed by atoms with E-state index < -0.39 is 0 Å². The molecule has 0 aliphatic carbocycles. The van der Waals surface area contributed by atoms with Gasteiger partial charge in [-0.3, -0.25) is 0 Å². The Morgan fingerprint density at radius 2 is 1.74 bits per heavy atom. The first kappa shape index (κ1) is 16.6. The van der Waals surface area contributed by atoms with Gasteiger partial charge in [0.1, 0.15) is 0 Å². The minimum Gasteiger partial charge on any atom is -0.328 e. The Balaban J connectivity index is 2.03. The molecular weight excluding hydrogens is 284 g/mol. The molecule has 0 spiro atoms. The summed E-state index contributed by atoms with van der Waals surface area (Å²) in [5, 5.41) is 2.91. The highest BCUT2D eigenvalue weighted by molar-refractivity contribution is 5.89. The minimum atomic E-state index is -0.0911. The number of unbranched alkanes of at least 4 members (excludes halogenated alkanes) is 1. The zero-order chi connectivity index (χ0) is 16.5. The van der Waals surface area contributed by atoms with Gasteiger partial charge in [-0.2, -0.15) is 0 Å². The Morgan fingerprint density at radius 1 is 1.04 bits per heavy atom. The van der Waals surface area contributed by atoms with Crippen LogP contribution < -0.4 is 5.32 Å². The standard InChI is InChI=1S/C20H22N2O/c1-3-4-15-22(2)20(23)21-19-12-8-11-18(16-19)14-13-17-9-6-5-7-10-17/h5-12,16H,3-4,15H2,1-2H3,(H,21,23). The van der Waals surface area contributed by atoms with Crippen LogP contribution in [0.25, 0.3) is 0 Å². The van der Waals surface area contributed by atoms with Gasteiger partial charge in [0.05, 0.1) is 0 Å². The van der Waals surface area contributed by atoms with E-state index in [1.54, 1.807) is 4.90 Å². The smallest absolute Gasteiger partial charge is 0.321 e. The molecule has 2 rings (SSSR count). The van der Waals surface area contributed by atoms with Crippen molar-refractivity contribution >= 4 is 11.7 Å². The van der Waals surface area contributed by atoms with Gasteiger partial charge >= 0.3 is 6.03 Å². The summed E-state index contributed by atoms with van der Waals surface area (Å²) in [5.41, 5.74) is 2.61. The molecule has 118 valence electrons. The molecule has 0 aliphatic rings. The second kappa shape index (κ2) is 8.65. The van der Waals surface area contributed by atoms with E-state index in [0.717, 1.165) is 36.2 Å². The Hall–Kier alpha value is -2.73. The Labute approximate surface area is 138 Å². The van der Waals surface area contributed by atoms with Crippen LogP contribution in [0.15, 0.2) is 54.6 Å². The van der Waals surface area contributed by atoms with E-state index in [1.165, 1.54) is 0 Å². The Kier molecular flexibility index (Phi) is 6.26. The number of anilines is 1. The normalized spacial score (nSPS) is 9.65. The topological polar surface area (TPSA) is 32.3 Å². The number of nitrogens with one attached hydrogen (secondary N) is 1. The number of rotatable bonds is 4. The minimum absolute atomic E-state index is 0.0911. The summed E-state index contributed by atoms with van der Waals surface area (Å²) in [6.45, 7) is 2.87. The van der Waals surface area contributed by atoms with Crippen molar-refractivity contribution in [3.05, 3.63) is 65.7 Å². The van der Waals surface area contributed by atoms with Gasteiger partial charge in [0.25, 0.3) is 0 Å². The van der Waals surface area contributed by atoms with Gasteiger partial charge in [-0.05, 0) is 36.8 Å². The van der Waals surface area contributed by atoms with E-state index in [1.807, 2.05) is 61.6 Å². The summed E-state index contributed by atoms with van der Waals surface area (Å²) in [5.74, 6) is 6.24. The average molecular weight is 306 g/mol. The second-order valence-electron chi connectivity index (χ2n) is 5.40. The number of urea groups is 1. The van der Waals surface area contributed by atoms with Crippen LogP contribution in [0.1, 0.15) is 30.9 Å². The maximum Gasteiger partial charge on any atom is 0.321 e. The number of carbonyl (C=O) groups is 1. The first-order chi connectivity index (χ1) is 11.2. The molecule has 3 heteroatoms. The lowest BCUT2D eigenvalue weighted by atomic mass is 10.1. The SMILES string of the molecule is CCCCN(C)C(=O)Nc1cccc(C#Cc2ccccc2)c1. The Bertz CT molecular complexity index is 698. The lowest BCUT2D eigenvalue weighted by molar-refractivity contribution is 0.222. The van der Waals surface area contributed by atoms with Crippen molar-refractivity contribution < 1.29 is 4.79 Å². The molecule has 1 N–H and O–H groups in total. The fourth-order valence-electron chi connectivity index (χ4n) is 2.06. The third kappa shape index (κ3) is 5.52. The van der Waals surface area contributed by atoms with Crippen LogP contribution >= 0.6 is 0 Å². The van der Waals surface area contributed by atoms with Crippen LogP contribution in [0, 0.1) is 11.8 Å². The van der Waals surface area contributed by atoms with Gasteiger partial charge in [0.15, 0.2) is 0 Å². The molecule has 0 unspecified atom stereocenters. The first-order valence-electron chi connectivity index (χ1n) is 7.88. The molecule has 0 saturated heterocycles. The van der Waals surface area contributed by atoms with E-state index in [-0.39, 0.29) is 6.03 Å². The molecule has 0 bridgehead atoms. The van der Waals surface area contributed by atoms with E-state index in [2.05, 4.69) is 24.1 Å². The highest BCUT2D eigenvalue weighted by atomic mass is 16.2. The van der Waals surface area contributed by atoms with Crippen LogP contribution in [0.3, 0.4) is 0 Å². The molecule has 0 fully saturated rings. The Morgan fingerprint density at radius 3 is 2.48 bits per heavy atom. The summed E-state index contributed by atoms with van der Waals surface area (Å²) < 4.78 is 0. The molecular formula is C20H22N2O. The summed E-state index contributed by atoms with van der Waals surface area (Å²) in [7, 11) is 1.81. The van der Waals surface area contributed by atoms with Crippen molar-refractivity contribution in [2.75, 3.05) is 18.9 Å². The second-order valence-corrected chi connectivity index (χ2v) is 5.40. The number of carbonyl (C=O) groups excluding carboxylic acids is 1.